The van der Waals surface area contributed by atoms with Gasteiger partial charge in [0.2, 0.25) is 5.91 Å². The minimum Gasteiger partial charge on any atom is -0.383 e. The first-order valence-corrected chi connectivity index (χ1v) is 17.3. The standard InChI is InChI=1S/C37H40F2N6O5S/c1-5-40-31(46)20-23-10-16-26(17-11-23)45-34(47)32-28(21-43(3)18-19-50-4)33(24-12-14-25(15-13-24)42-36(48)41-6-2)51-35(32)44(37(45)49)22-27-29(38)8-7-9-30(27)39/h7-17H,5-6,18-22H2,1-4H3,(H,40,46)(H2,41,42,48). The number of urea groups is 1. The highest BCUT2D eigenvalue weighted by Gasteiger charge is 2.26. The molecule has 2 heterocycles. The molecular weight excluding hydrogens is 679 g/mol. The lowest BCUT2D eigenvalue weighted by Crippen LogP contribution is -2.39. The maximum Gasteiger partial charge on any atom is 0.337 e. The normalized spacial score (nSPS) is 11.3. The third kappa shape index (κ3) is 8.42. The lowest BCUT2D eigenvalue weighted by Gasteiger charge is -2.18. The molecule has 0 fully saturated rings. The Kier molecular flexibility index (Phi) is 12.1. The topological polar surface area (TPSA) is 127 Å². The van der Waals surface area contributed by atoms with Gasteiger partial charge in [-0.15, -0.1) is 11.3 Å². The largest absolute Gasteiger partial charge is 0.383 e. The fourth-order valence-corrected chi connectivity index (χ4v) is 7.01. The maximum absolute atomic E-state index is 15.1. The molecule has 0 saturated carbocycles. The Labute approximate surface area is 297 Å². The van der Waals surface area contributed by atoms with Crippen molar-refractivity contribution in [3.8, 4) is 16.1 Å². The fraction of sp³-hybridized carbons (Fsp3) is 0.297. The molecule has 5 rings (SSSR count). The second-order valence-electron chi connectivity index (χ2n) is 11.9. The van der Waals surface area contributed by atoms with Crippen LogP contribution in [0.1, 0.15) is 30.5 Å². The summed E-state index contributed by atoms with van der Waals surface area (Å²) in [5.74, 6) is -1.82. The summed E-state index contributed by atoms with van der Waals surface area (Å²) in [6, 6.07) is 16.7. The predicted octanol–water partition coefficient (Wildman–Crippen LogP) is 5.11. The van der Waals surface area contributed by atoms with Gasteiger partial charge in [0.05, 0.1) is 30.6 Å². The number of nitrogens with zero attached hydrogens (tertiary/aromatic N) is 3. The second-order valence-corrected chi connectivity index (χ2v) is 12.9. The molecule has 5 aromatic rings. The maximum atomic E-state index is 15.1. The van der Waals surface area contributed by atoms with Crippen molar-refractivity contribution in [3.63, 3.8) is 0 Å². The van der Waals surface area contributed by atoms with Crippen molar-refractivity contribution in [1.29, 1.82) is 0 Å². The quantitative estimate of drug-likeness (QED) is 0.147. The molecule has 0 atom stereocenters. The zero-order chi connectivity index (χ0) is 36.7. The molecule has 3 amide bonds. The lowest BCUT2D eigenvalue weighted by molar-refractivity contribution is -0.120. The van der Waals surface area contributed by atoms with Crippen LogP contribution in [0.3, 0.4) is 0 Å². The summed E-state index contributed by atoms with van der Waals surface area (Å²) in [5.41, 5.74) is 1.10. The minimum absolute atomic E-state index is 0.113. The number of thiophene rings is 1. The van der Waals surface area contributed by atoms with E-state index in [1.165, 1.54) is 22.0 Å². The van der Waals surface area contributed by atoms with E-state index in [1.807, 2.05) is 25.8 Å². The molecule has 0 aliphatic carbocycles. The van der Waals surface area contributed by atoms with E-state index < -0.39 is 29.4 Å². The van der Waals surface area contributed by atoms with Gasteiger partial charge in [-0.2, -0.15) is 0 Å². The first kappa shape index (κ1) is 37.1. The third-order valence-electron chi connectivity index (χ3n) is 8.23. The van der Waals surface area contributed by atoms with E-state index in [1.54, 1.807) is 55.6 Å². The van der Waals surface area contributed by atoms with Crippen molar-refractivity contribution >= 4 is 39.2 Å². The Morgan fingerprint density at radius 2 is 1.57 bits per heavy atom. The number of fused-ring (bicyclic) bond motifs is 1. The van der Waals surface area contributed by atoms with Crippen molar-refractivity contribution in [2.24, 2.45) is 0 Å². The molecule has 268 valence electrons. The Bertz CT molecular complexity index is 2120. The van der Waals surface area contributed by atoms with Gasteiger partial charge in [0.25, 0.3) is 5.56 Å². The molecule has 0 aliphatic heterocycles. The SMILES string of the molecule is CCNC(=O)Cc1ccc(-n2c(=O)c3c(CN(C)CCOC)c(-c4ccc(NC(=O)NCC)cc4)sc3n(Cc3c(F)cccc3F)c2=O)cc1. The van der Waals surface area contributed by atoms with E-state index in [4.69, 9.17) is 4.74 Å². The zero-order valence-electron chi connectivity index (χ0n) is 28.8. The van der Waals surface area contributed by atoms with E-state index in [2.05, 4.69) is 16.0 Å². The van der Waals surface area contributed by atoms with Gasteiger partial charge in [-0.1, -0.05) is 30.3 Å². The molecule has 0 saturated heterocycles. The smallest absolute Gasteiger partial charge is 0.337 e. The summed E-state index contributed by atoms with van der Waals surface area (Å²) in [6.45, 7) is 5.35. The molecule has 2 aromatic heterocycles. The Morgan fingerprint density at radius 3 is 2.20 bits per heavy atom. The van der Waals surface area contributed by atoms with Gasteiger partial charge < -0.3 is 20.7 Å². The van der Waals surface area contributed by atoms with Crippen LogP contribution < -0.4 is 27.2 Å². The Balaban J connectivity index is 1.75. The van der Waals surface area contributed by atoms with Crippen molar-refractivity contribution in [3.05, 3.63) is 116 Å². The molecular formula is C37H40F2N6O5S. The Morgan fingerprint density at radius 1 is 0.902 bits per heavy atom. The number of ether oxygens (including phenoxy) is 1. The van der Waals surface area contributed by atoms with E-state index in [-0.39, 0.29) is 46.4 Å². The lowest BCUT2D eigenvalue weighted by atomic mass is 10.1. The molecule has 0 aliphatic rings. The average molecular weight is 719 g/mol. The van der Waals surface area contributed by atoms with Crippen LogP contribution in [0.25, 0.3) is 26.3 Å². The minimum atomic E-state index is -0.825. The number of anilines is 1. The first-order valence-electron chi connectivity index (χ1n) is 16.5. The van der Waals surface area contributed by atoms with E-state index in [0.717, 1.165) is 16.7 Å². The van der Waals surface area contributed by atoms with Crippen LogP contribution in [0.4, 0.5) is 19.3 Å². The molecule has 0 radical (unpaired) electrons. The monoisotopic (exact) mass is 718 g/mol. The van der Waals surface area contributed by atoms with Gasteiger partial charge in [0, 0.05) is 49.4 Å². The summed E-state index contributed by atoms with van der Waals surface area (Å²) < 4.78 is 37.7. The van der Waals surface area contributed by atoms with Gasteiger partial charge in [-0.3, -0.25) is 19.1 Å². The first-order chi connectivity index (χ1) is 24.6. The molecule has 14 heteroatoms. The van der Waals surface area contributed by atoms with Gasteiger partial charge in [0.15, 0.2) is 0 Å². The number of benzene rings is 3. The molecule has 0 bridgehead atoms. The second kappa shape index (κ2) is 16.7. The number of aromatic nitrogens is 2. The van der Waals surface area contributed by atoms with Gasteiger partial charge in [0.1, 0.15) is 16.5 Å². The number of amides is 3. The number of hydrogen-bond donors (Lipinski definition) is 3. The van der Waals surface area contributed by atoms with Crippen molar-refractivity contribution < 1.29 is 23.1 Å². The number of halogens is 2. The van der Waals surface area contributed by atoms with Crippen LogP contribution in [0.5, 0.6) is 0 Å². The average Bonchev–Trinajstić information content (AvgIpc) is 3.47. The van der Waals surface area contributed by atoms with Crippen LogP contribution in [0, 0.1) is 11.6 Å². The van der Waals surface area contributed by atoms with E-state index in [0.29, 0.717) is 53.5 Å². The fourth-order valence-electron chi connectivity index (χ4n) is 5.71. The highest BCUT2D eigenvalue weighted by atomic mass is 32.1. The summed E-state index contributed by atoms with van der Waals surface area (Å²) in [4.78, 5) is 56.1. The molecule has 0 spiro atoms. The number of methoxy groups -OCH3 is 1. The predicted molar refractivity (Wildman–Crippen MR) is 196 cm³/mol. The van der Waals surface area contributed by atoms with Crippen molar-refractivity contribution in [2.45, 2.75) is 33.4 Å². The van der Waals surface area contributed by atoms with Crippen LogP contribution in [-0.4, -0.2) is 66.4 Å². The molecule has 3 N–H and O–H groups in total. The number of rotatable bonds is 14. The summed E-state index contributed by atoms with van der Waals surface area (Å²) in [7, 11) is 3.47. The van der Waals surface area contributed by atoms with Gasteiger partial charge in [-0.25, -0.2) is 22.9 Å². The molecule has 51 heavy (non-hydrogen) atoms. The molecule has 3 aromatic carbocycles. The summed E-state index contributed by atoms with van der Waals surface area (Å²) in [5, 5.41) is 8.42. The van der Waals surface area contributed by atoms with Gasteiger partial charge >= 0.3 is 11.7 Å². The van der Waals surface area contributed by atoms with Crippen LogP contribution >= 0.6 is 11.3 Å². The Hall–Kier alpha value is -5.18. The number of nitrogens with one attached hydrogen (secondary N) is 3. The van der Waals surface area contributed by atoms with Gasteiger partial charge in [-0.05, 0) is 74.0 Å². The number of carbonyl (C=O) groups excluding carboxylic acids is 2. The van der Waals surface area contributed by atoms with Crippen LogP contribution in [0.15, 0.2) is 76.3 Å². The number of hydrogen-bond acceptors (Lipinski definition) is 7. The highest BCUT2D eigenvalue weighted by molar-refractivity contribution is 7.22. The zero-order valence-corrected chi connectivity index (χ0v) is 29.7. The molecule has 11 nitrogen and oxygen atoms in total. The summed E-state index contributed by atoms with van der Waals surface area (Å²) >= 11 is 1.18. The van der Waals surface area contributed by atoms with Crippen LogP contribution in [0.2, 0.25) is 0 Å². The summed E-state index contributed by atoms with van der Waals surface area (Å²) in [6.07, 6.45) is 0.113. The highest BCUT2D eigenvalue weighted by Crippen LogP contribution is 2.38. The number of carbonyl (C=O) groups is 2. The van der Waals surface area contributed by atoms with Crippen molar-refractivity contribution in [1.82, 2.24) is 24.7 Å². The van der Waals surface area contributed by atoms with E-state index in [9.17, 15) is 19.2 Å². The number of likely N-dealkylation sites (N-methyl/N-ethyl adjacent to an activating group) is 2. The van der Waals surface area contributed by atoms with Crippen molar-refractivity contribution in [2.75, 3.05) is 45.7 Å². The van der Waals surface area contributed by atoms with Crippen LogP contribution in [-0.2, 0) is 29.0 Å². The third-order valence-corrected chi connectivity index (χ3v) is 9.54. The molecule has 0 unspecified atom stereocenters. The van der Waals surface area contributed by atoms with E-state index >= 15 is 8.78 Å².